The lowest BCUT2D eigenvalue weighted by molar-refractivity contribution is 0.856. The topological polar surface area (TPSA) is 24.9 Å². The summed E-state index contributed by atoms with van der Waals surface area (Å²) in [4.78, 5) is 4.84. The lowest BCUT2D eigenvalue weighted by atomic mass is 10.0. The van der Waals surface area contributed by atoms with Crippen molar-refractivity contribution in [2.45, 2.75) is 40.0 Å². The third-order valence-electron chi connectivity index (χ3n) is 3.31. The summed E-state index contributed by atoms with van der Waals surface area (Å²) in [5.74, 6) is 1.49. The van der Waals surface area contributed by atoms with Crippen molar-refractivity contribution in [1.29, 1.82) is 0 Å². The van der Waals surface area contributed by atoms with Gasteiger partial charge in [0.2, 0.25) is 0 Å². The Hall–Kier alpha value is -1.09. The van der Waals surface area contributed by atoms with E-state index in [0.29, 0.717) is 5.92 Å². The molecule has 0 aliphatic carbocycles. The van der Waals surface area contributed by atoms with Crippen molar-refractivity contribution < 1.29 is 0 Å². The molecular formula is C16H21BrN2. The SMILES string of the molecule is CCCNc1nc2c(Br)c(C)ccc2cc1C(C)C. The molecule has 0 atom stereocenters. The number of fused-ring (bicyclic) bond motifs is 1. The van der Waals surface area contributed by atoms with Gasteiger partial charge in [0.1, 0.15) is 5.82 Å². The molecule has 3 heteroatoms. The van der Waals surface area contributed by atoms with Crippen LogP contribution in [0.5, 0.6) is 0 Å². The van der Waals surface area contributed by atoms with E-state index >= 15 is 0 Å². The third-order valence-corrected chi connectivity index (χ3v) is 4.31. The Morgan fingerprint density at radius 1 is 1.32 bits per heavy atom. The third kappa shape index (κ3) is 2.92. The standard InChI is InChI=1S/C16H21BrN2/c1-5-8-18-16-13(10(2)3)9-12-7-6-11(4)14(17)15(12)19-16/h6-7,9-10H,5,8H2,1-4H3,(H,18,19). The molecule has 0 bridgehead atoms. The fourth-order valence-corrected chi connectivity index (χ4v) is 2.60. The van der Waals surface area contributed by atoms with E-state index < -0.39 is 0 Å². The van der Waals surface area contributed by atoms with Crippen LogP contribution in [0.25, 0.3) is 10.9 Å². The van der Waals surface area contributed by atoms with Gasteiger partial charge in [0.05, 0.1) is 5.52 Å². The van der Waals surface area contributed by atoms with Crippen LogP contribution in [0.1, 0.15) is 44.2 Å². The summed E-state index contributed by atoms with van der Waals surface area (Å²) in [7, 11) is 0. The Bertz CT molecular complexity index is 591. The highest BCUT2D eigenvalue weighted by Gasteiger charge is 2.12. The Morgan fingerprint density at radius 3 is 2.68 bits per heavy atom. The quantitative estimate of drug-likeness (QED) is 0.832. The Kier molecular flexibility index (Phi) is 4.46. The summed E-state index contributed by atoms with van der Waals surface area (Å²) in [5, 5.41) is 4.65. The van der Waals surface area contributed by atoms with Crippen molar-refractivity contribution in [3.8, 4) is 0 Å². The summed E-state index contributed by atoms with van der Waals surface area (Å²) in [6, 6.07) is 6.55. The van der Waals surface area contributed by atoms with Crippen LogP contribution in [0.4, 0.5) is 5.82 Å². The molecule has 2 aromatic rings. The number of rotatable bonds is 4. The van der Waals surface area contributed by atoms with Gasteiger partial charge in [0, 0.05) is 16.4 Å². The smallest absolute Gasteiger partial charge is 0.130 e. The lowest BCUT2D eigenvalue weighted by Gasteiger charge is -2.15. The van der Waals surface area contributed by atoms with Crippen molar-refractivity contribution in [1.82, 2.24) is 4.98 Å². The second-order valence-electron chi connectivity index (χ2n) is 5.28. The van der Waals surface area contributed by atoms with E-state index in [0.717, 1.165) is 28.8 Å². The summed E-state index contributed by atoms with van der Waals surface area (Å²) in [6.45, 7) is 9.65. The Balaban J connectivity index is 2.62. The van der Waals surface area contributed by atoms with Gasteiger partial charge in [-0.2, -0.15) is 0 Å². The van der Waals surface area contributed by atoms with Crippen LogP contribution < -0.4 is 5.32 Å². The van der Waals surface area contributed by atoms with Crippen LogP contribution in [0.15, 0.2) is 22.7 Å². The summed E-state index contributed by atoms with van der Waals surface area (Å²) >= 11 is 3.65. The van der Waals surface area contributed by atoms with Crippen LogP contribution in [-0.2, 0) is 0 Å². The average Bonchev–Trinajstić information content (AvgIpc) is 2.40. The number of hydrogen-bond acceptors (Lipinski definition) is 2. The van der Waals surface area contributed by atoms with Gasteiger partial charge < -0.3 is 5.32 Å². The molecule has 1 aromatic carbocycles. The number of halogens is 1. The largest absolute Gasteiger partial charge is 0.370 e. The maximum Gasteiger partial charge on any atom is 0.130 e. The molecule has 102 valence electrons. The predicted octanol–water partition coefficient (Wildman–Crippen LogP) is 5.25. The molecule has 0 amide bonds. The van der Waals surface area contributed by atoms with Crippen LogP contribution in [0.3, 0.4) is 0 Å². The molecule has 1 aromatic heterocycles. The van der Waals surface area contributed by atoms with Crippen LogP contribution in [-0.4, -0.2) is 11.5 Å². The lowest BCUT2D eigenvalue weighted by Crippen LogP contribution is -2.07. The average molecular weight is 321 g/mol. The highest BCUT2D eigenvalue weighted by atomic mass is 79.9. The van der Waals surface area contributed by atoms with E-state index in [1.54, 1.807) is 0 Å². The van der Waals surface area contributed by atoms with Crippen LogP contribution in [0.2, 0.25) is 0 Å². The first-order valence-corrected chi connectivity index (χ1v) is 7.67. The second-order valence-corrected chi connectivity index (χ2v) is 6.07. The zero-order chi connectivity index (χ0) is 14.0. The molecule has 0 unspecified atom stereocenters. The zero-order valence-corrected chi connectivity index (χ0v) is 13.6. The Morgan fingerprint density at radius 2 is 2.05 bits per heavy atom. The molecule has 0 spiro atoms. The number of pyridine rings is 1. The molecule has 0 radical (unpaired) electrons. The molecular weight excluding hydrogens is 300 g/mol. The van der Waals surface area contributed by atoms with E-state index in [4.69, 9.17) is 4.98 Å². The van der Waals surface area contributed by atoms with E-state index in [1.807, 2.05) is 0 Å². The number of aryl methyl sites for hydroxylation is 1. The van der Waals surface area contributed by atoms with Gasteiger partial charge in [0.25, 0.3) is 0 Å². The van der Waals surface area contributed by atoms with Crippen molar-refractivity contribution in [3.05, 3.63) is 33.8 Å². The molecule has 2 rings (SSSR count). The maximum atomic E-state index is 4.84. The Labute approximate surface area is 123 Å². The normalized spacial score (nSPS) is 11.3. The summed E-state index contributed by atoms with van der Waals surface area (Å²) < 4.78 is 1.10. The number of aromatic nitrogens is 1. The second kappa shape index (κ2) is 5.91. The van der Waals surface area contributed by atoms with E-state index in [-0.39, 0.29) is 0 Å². The number of nitrogens with one attached hydrogen (secondary N) is 1. The van der Waals surface area contributed by atoms with Gasteiger partial charge in [-0.25, -0.2) is 4.98 Å². The van der Waals surface area contributed by atoms with Crippen molar-refractivity contribution in [2.24, 2.45) is 0 Å². The first kappa shape index (κ1) is 14.3. The van der Waals surface area contributed by atoms with Gasteiger partial charge in [-0.1, -0.05) is 32.9 Å². The predicted molar refractivity (Wildman–Crippen MR) is 87.0 cm³/mol. The molecule has 0 aliphatic rings. The first-order chi connectivity index (χ1) is 9.04. The number of hydrogen-bond donors (Lipinski definition) is 1. The number of nitrogens with zero attached hydrogens (tertiary/aromatic N) is 1. The van der Waals surface area contributed by atoms with Crippen LogP contribution in [0, 0.1) is 6.92 Å². The van der Waals surface area contributed by atoms with E-state index in [1.165, 1.54) is 16.5 Å². The number of anilines is 1. The molecule has 0 aliphatic heterocycles. The fraction of sp³-hybridized carbons (Fsp3) is 0.438. The molecule has 0 saturated carbocycles. The zero-order valence-electron chi connectivity index (χ0n) is 12.0. The maximum absolute atomic E-state index is 4.84. The molecule has 1 heterocycles. The molecule has 0 fully saturated rings. The summed E-state index contributed by atoms with van der Waals surface area (Å²) in [5.41, 5.74) is 3.55. The van der Waals surface area contributed by atoms with Gasteiger partial charge in [-0.3, -0.25) is 0 Å². The minimum absolute atomic E-state index is 0.469. The van der Waals surface area contributed by atoms with Crippen molar-refractivity contribution in [3.63, 3.8) is 0 Å². The minimum atomic E-state index is 0.469. The minimum Gasteiger partial charge on any atom is -0.370 e. The first-order valence-electron chi connectivity index (χ1n) is 6.88. The van der Waals surface area contributed by atoms with Gasteiger partial charge in [0.15, 0.2) is 0 Å². The van der Waals surface area contributed by atoms with Crippen LogP contribution >= 0.6 is 15.9 Å². The van der Waals surface area contributed by atoms with Crippen molar-refractivity contribution >= 4 is 32.7 Å². The van der Waals surface area contributed by atoms with Gasteiger partial charge in [-0.05, 0) is 52.4 Å². The monoisotopic (exact) mass is 320 g/mol. The molecule has 0 saturated heterocycles. The fourth-order valence-electron chi connectivity index (χ4n) is 2.15. The van der Waals surface area contributed by atoms with E-state index in [2.05, 4.69) is 67.1 Å². The summed E-state index contributed by atoms with van der Waals surface area (Å²) in [6.07, 6.45) is 1.10. The van der Waals surface area contributed by atoms with E-state index in [9.17, 15) is 0 Å². The highest BCUT2D eigenvalue weighted by Crippen LogP contribution is 2.31. The number of benzene rings is 1. The molecule has 1 N–H and O–H groups in total. The van der Waals surface area contributed by atoms with Crippen molar-refractivity contribution in [2.75, 3.05) is 11.9 Å². The van der Waals surface area contributed by atoms with Gasteiger partial charge in [-0.15, -0.1) is 0 Å². The molecule has 2 nitrogen and oxygen atoms in total. The molecule has 19 heavy (non-hydrogen) atoms. The highest BCUT2D eigenvalue weighted by molar-refractivity contribution is 9.10. The van der Waals surface area contributed by atoms with Gasteiger partial charge >= 0.3 is 0 Å².